The van der Waals surface area contributed by atoms with Crippen molar-refractivity contribution < 1.29 is 17.5 Å². The smallest absolute Gasteiger partial charge is 0.216 e. The molecule has 1 aliphatic rings. The lowest BCUT2D eigenvalue weighted by molar-refractivity contribution is 0.142. The number of benzene rings is 1. The molecule has 0 saturated carbocycles. The van der Waals surface area contributed by atoms with Gasteiger partial charge in [-0.1, -0.05) is 18.2 Å². The van der Waals surface area contributed by atoms with E-state index in [2.05, 4.69) is 4.90 Å². The van der Waals surface area contributed by atoms with Crippen molar-refractivity contribution >= 4 is 10.0 Å². The Morgan fingerprint density at radius 2 is 1.86 bits per heavy atom. The molecule has 0 unspecified atom stereocenters. The number of ether oxygens (including phenoxy) is 1. The lowest BCUT2D eigenvalue weighted by Gasteiger charge is -2.37. The molecule has 0 aliphatic carbocycles. The van der Waals surface area contributed by atoms with E-state index in [4.69, 9.17) is 4.74 Å². The van der Waals surface area contributed by atoms with Crippen LogP contribution in [0.4, 0.5) is 4.39 Å². The first-order valence-electron chi connectivity index (χ1n) is 7.41. The van der Waals surface area contributed by atoms with E-state index in [1.807, 2.05) is 13.0 Å². The van der Waals surface area contributed by atoms with Crippen molar-refractivity contribution in [2.24, 2.45) is 0 Å². The van der Waals surface area contributed by atoms with Crippen molar-refractivity contribution in [1.82, 2.24) is 9.21 Å². The molecule has 1 aromatic carbocycles. The molecule has 1 saturated heterocycles. The minimum absolute atomic E-state index is 0.00632. The molecule has 1 atom stereocenters. The van der Waals surface area contributed by atoms with Crippen LogP contribution < -0.4 is 0 Å². The van der Waals surface area contributed by atoms with Crippen molar-refractivity contribution in [3.05, 3.63) is 35.6 Å². The molecule has 1 aromatic rings. The Balaban J connectivity index is 1.96. The van der Waals surface area contributed by atoms with Crippen molar-refractivity contribution in [1.29, 1.82) is 0 Å². The minimum atomic E-state index is -3.26. The first kappa shape index (κ1) is 17.3. The van der Waals surface area contributed by atoms with Gasteiger partial charge in [-0.2, -0.15) is 4.31 Å². The van der Waals surface area contributed by atoms with Crippen LogP contribution in [0.25, 0.3) is 0 Å². The third-order valence-electron chi connectivity index (χ3n) is 4.12. The van der Waals surface area contributed by atoms with Crippen molar-refractivity contribution in [2.75, 3.05) is 45.6 Å². The number of hydrogen-bond donors (Lipinski definition) is 0. The number of methoxy groups -OCH3 is 1. The highest BCUT2D eigenvalue weighted by molar-refractivity contribution is 7.89. The highest BCUT2D eigenvalue weighted by Gasteiger charge is 2.29. The lowest BCUT2D eigenvalue weighted by Crippen LogP contribution is -2.50. The third kappa shape index (κ3) is 4.04. The highest BCUT2D eigenvalue weighted by Crippen LogP contribution is 2.24. The van der Waals surface area contributed by atoms with E-state index < -0.39 is 10.0 Å². The van der Waals surface area contributed by atoms with Crippen LogP contribution in [0, 0.1) is 5.82 Å². The highest BCUT2D eigenvalue weighted by atomic mass is 32.2. The molecule has 5 nitrogen and oxygen atoms in total. The molecule has 0 N–H and O–H groups in total. The van der Waals surface area contributed by atoms with E-state index >= 15 is 0 Å². The van der Waals surface area contributed by atoms with E-state index in [9.17, 15) is 12.8 Å². The van der Waals surface area contributed by atoms with Gasteiger partial charge in [-0.3, -0.25) is 4.90 Å². The van der Waals surface area contributed by atoms with Gasteiger partial charge < -0.3 is 4.74 Å². The van der Waals surface area contributed by atoms with Crippen LogP contribution in [0.15, 0.2) is 24.3 Å². The quantitative estimate of drug-likeness (QED) is 0.793. The molecular formula is C15H23FN2O3S. The van der Waals surface area contributed by atoms with Crippen LogP contribution in [-0.4, -0.2) is 63.3 Å². The summed E-state index contributed by atoms with van der Waals surface area (Å²) in [6.45, 7) is 4.22. The van der Waals surface area contributed by atoms with E-state index in [0.717, 1.165) is 0 Å². The summed E-state index contributed by atoms with van der Waals surface area (Å²) in [6, 6.07) is 6.66. The average molecular weight is 330 g/mol. The van der Waals surface area contributed by atoms with Crippen molar-refractivity contribution in [3.8, 4) is 0 Å². The van der Waals surface area contributed by atoms with Crippen LogP contribution >= 0.6 is 0 Å². The van der Waals surface area contributed by atoms with Gasteiger partial charge in [0.2, 0.25) is 10.0 Å². The first-order valence-corrected chi connectivity index (χ1v) is 9.02. The molecular weight excluding hydrogens is 307 g/mol. The van der Waals surface area contributed by atoms with E-state index in [1.165, 1.54) is 17.5 Å². The van der Waals surface area contributed by atoms with E-state index in [0.29, 0.717) is 31.7 Å². The number of sulfonamides is 1. The topological polar surface area (TPSA) is 49.9 Å². The molecule has 1 fully saturated rings. The monoisotopic (exact) mass is 330 g/mol. The fourth-order valence-corrected chi connectivity index (χ4v) is 4.05. The fourth-order valence-electron chi connectivity index (χ4n) is 2.70. The number of rotatable bonds is 6. The number of piperazine rings is 1. The molecule has 22 heavy (non-hydrogen) atoms. The second-order valence-electron chi connectivity index (χ2n) is 5.44. The van der Waals surface area contributed by atoms with Gasteiger partial charge in [-0.25, -0.2) is 12.8 Å². The maximum Gasteiger partial charge on any atom is 0.216 e. The molecule has 0 spiro atoms. The summed E-state index contributed by atoms with van der Waals surface area (Å²) < 4.78 is 44.4. The molecule has 0 amide bonds. The molecule has 2 rings (SSSR count). The van der Waals surface area contributed by atoms with Crippen LogP contribution in [0.3, 0.4) is 0 Å². The Labute approximate surface area is 131 Å². The summed E-state index contributed by atoms with van der Waals surface area (Å²) in [6.07, 6.45) is 0. The van der Waals surface area contributed by atoms with Gasteiger partial charge in [0.1, 0.15) is 5.82 Å². The van der Waals surface area contributed by atoms with E-state index in [-0.39, 0.29) is 24.2 Å². The standard InChI is InChI=1S/C15H23FN2O3S/c1-13(14-5-3-4-6-15(14)16)17-7-9-18(10-8-17)22(19,20)12-11-21-2/h3-6,13H,7-12H2,1-2H3/t13-/m1/s1. The lowest BCUT2D eigenvalue weighted by atomic mass is 10.1. The molecule has 0 bridgehead atoms. The predicted octanol–water partition coefficient (Wildman–Crippen LogP) is 1.48. The van der Waals surface area contributed by atoms with Crippen LogP contribution in [0.1, 0.15) is 18.5 Å². The van der Waals surface area contributed by atoms with Gasteiger partial charge in [0.05, 0.1) is 12.4 Å². The summed E-state index contributed by atoms with van der Waals surface area (Å²) in [7, 11) is -1.77. The van der Waals surface area contributed by atoms with Gasteiger partial charge in [-0.05, 0) is 13.0 Å². The second-order valence-corrected chi connectivity index (χ2v) is 7.53. The summed E-state index contributed by atoms with van der Waals surface area (Å²) in [5.74, 6) is -0.211. The summed E-state index contributed by atoms with van der Waals surface area (Å²) in [4.78, 5) is 2.11. The normalized spacial score (nSPS) is 19.2. The number of halogens is 1. The summed E-state index contributed by atoms with van der Waals surface area (Å²) >= 11 is 0. The molecule has 0 radical (unpaired) electrons. The molecule has 0 aromatic heterocycles. The third-order valence-corrected chi connectivity index (χ3v) is 5.95. The average Bonchev–Trinajstić information content (AvgIpc) is 2.53. The largest absolute Gasteiger partial charge is 0.384 e. The maximum absolute atomic E-state index is 13.9. The van der Waals surface area contributed by atoms with Crippen LogP contribution in [0.5, 0.6) is 0 Å². The minimum Gasteiger partial charge on any atom is -0.384 e. The first-order chi connectivity index (χ1) is 10.5. The van der Waals surface area contributed by atoms with Crippen LogP contribution in [0.2, 0.25) is 0 Å². The van der Waals surface area contributed by atoms with Crippen molar-refractivity contribution in [3.63, 3.8) is 0 Å². The Bertz CT molecular complexity index is 586. The Kier molecular flexibility index (Phi) is 5.91. The Morgan fingerprint density at radius 3 is 2.45 bits per heavy atom. The Hall–Kier alpha value is -1.02. The SMILES string of the molecule is COCCS(=O)(=O)N1CCN([C@H](C)c2ccccc2F)CC1. The molecule has 1 aliphatic heterocycles. The van der Waals surface area contributed by atoms with Gasteiger partial charge in [0.25, 0.3) is 0 Å². The zero-order valence-corrected chi connectivity index (χ0v) is 13.9. The van der Waals surface area contributed by atoms with Gasteiger partial charge in [-0.15, -0.1) is 0 Å². The van der Waals surface area contributed by atoms with Gasteiger partial charge in [0, 0.05) is 44.9 Å². The zero-order chi connectivity index (χ0) is 16.2. The molecule has 124 valence electrons. The second kappa shape index (κ2) is 7.50. The van der Waals surface area contributed by atoms with Crippen LogP contribution in [-0.2, 0) is 14.8 Å². The maximum atomic E-state index is 13.9. The van der Waals surface area contributed by atoms with Gasteiger partial charge >= 0.3 is 0 Å². The summed E-state index contributed by atoms with van der Waals surface area (Å²) in [5.41, 5.74) is 0.651. The Morgan fingerprint density at radius 1 is 1.23 bits per heavy atom. The zero-order valence-electron chi connectivity index (χ0n) is 13.0. The number of hydrogen-bond acceptors (Lipinski definition) is 4. The predicted molar refractivity (Wildman–Crippen MR) is 83.6 cm³/mol. The summed E-state index contributed by atoms with van der Waals surface area (Å²) in [5, 5.41) is 0. The van der Waals surface area contributed by atoms with Crippen molar-refractivity contribution in [2.45, 2.75) is 13.0 Å². The number of nitrogens with zero attached hydrogens (tertiary/aromatic N) is 2. The van der Waals surface area contributed by atoms with Gasteiger partial charge in [0.15, 0.2) is 0 Å². The fraction of sp³-hybridized carbons (Fsp3) is 0.600. The molecule has 1 heterocycles. The molecule has 7 heteroatoms. The van der Waals surface area contributed by atoms with E-state index in [1.54, 1.807) is 12.1 Å².